The Morgan fingerprint density at radius 1 is 1.29 bits per heavy atom. The number of rotatable bonds is 4. The molecule has 1 aromatic heterocycles. The lowest BCUT2D eigenvalue weighted by Crippen LogP contribution is -2.52. The van der Waals surface area contributed by atoms with E-state index in [2.05, 4.69) is 5.32 Å². The summed E-state index contributed by atoms with van der Waals surface area (Å²) in [6.45, 7) is 5.63. The zero-order valence-electron chi connectivity index (χ0n) is 16.3. The summed E-state index contributed by atoms with van der Waals surface area (Å²) in [6.07, 6.45) is 1.12. The third-order valence-electron chi connectivity index (χ3n) is 4.24. The van der Waals surface area contributed by atoms with Gasteiger partial charge in [-0.3, -0.25) is 9.59 Å². The van der Waals surface area contributed by atoms with E-state index in [1.54, 1.807) is 24.3 Å². The molecule has 1 aliphatic heterocycles. The molecule has 9 heteroatoms. The molecule has 152 valence electrons. The Bertz CT molecular complexity index is 1020. The molecule has 1 fully saturated rings. The van der Waals surface area contributed by atoms with Gasteiger partial charge in [0.15, 0.2) is 15.6 Å². The minimum absolute atomic E-state index is 0.0114. The van der Waals surface area contributed by atoms with Gasteiger partial charge in [0.05, 0.1) is 11.6 Å². The highest BCUT2D eigenvalue weighted by Gasteiger charge is 2.38. The van der Waals surface area contributed by atoms with E-state index in [1.165, 1.54) is 16.7 Å². The maximum absolute atomic E-state index is 13.2. The van der Waals surface area contributed by atoms with Crippen LogP contribution >= 0.6 is 11.8 Å². The number of fused-ring (bicyclic) bond motifs is 1. The zero-order valence-corrected chi connectivity index (χ0v) is 17.9. The van der Waals surface area contributed by atoms with Gasteiger partial charge in [0.1, 0.15) is 11.6 Å². The predicted molar refractivity (Wildman–Crippen MR) is 110 cm³/mol. The monoisotopic (exact) mass is 424 g/mol. The molecule has 7 nitrogen and oxygen atoms in total. The van der Waals surface area contributed by atoms with E-state index in [4.69, 9.17) is 4.42 Å². The molecule has 1 aromatic carbocycles. The van der Waals surface area contributed by atoms with Gasteiger partial charge < -0.3 is 14.6 Å². The maximum Gasteiger partial charge on any atom is 0.291 e. The van der Waals surface area contributed by atoms with Gasteiger partial charge in [0.2, 0.25) is 5.91 Å². The van der Waals surface area contributed by atoms with E-state index in [-0.39, 0.29) is 17.4 Å². The normalized spacial score (nSPS) is 17.9. The summed E-state index contributed by atoms with van der Waals surface area (Å²) in [5, 5.41) is 3.50. The van der Waals surface area contributed by atoms with Crippen molar-refractivity contribution in [2.45, 2.75) is 38.1 Å². The van der Waals surface area contributed by atoms with Gasteiger partial charge in [-0.1, -0.05) is 18.2 Å². The number of hydrogen-bond acceptors (Lipinski definition) is 6. The van der Waals surface area contributed by atoms with Crippen molar-refractivity contribution >= 4 is 44.4 Å². The number of furan rings is 1. The van der Waals surface area contributed by atoms with E-state index in [9.17, 15) is 18.0 Å². The van der Waals surface area contributed by atoms with Crippen LogP contribution in [0.15, 0.2) is 28.7 Å². The van der Waals surface area contributed by atoms with Gasteiger partial charge in [0, 0.05) is 28.5 Å². The van der Waals surface area contributed by atoms with Crippen LogP contribution in [0.1, 0.15) is 36.9 Å². The SMILES string of the molecule is CC(C)(C)NC(=O)C1CSCN1C(=O)c1oc2ccccc2c1CS(C)(=O)=O. The van der Waals surface area contributed by atoms with Crippen molar-refractivity contribution < 1.29 is 22.4 Å². The number of para-hydroxylation sites is 1. The van der Waals surface area contributed by atoms with Crippen molar-refractivity contribution in [3.05, 3.63) is 35.6 Å². The molecule has 0 bridgehead atoms. The molecule has 1 N–H and O–H groups in total. The lowest BCUT2D eigenvalue weighted by Gasteiger charge is -2.27. The smallest absolute Gasteiger partial charge is 0.291 e. The Balaban J connectivity index is 1.98. The minimum atomic E-state index is -3.39. The number of benzene rings is 1. The van der Waals surface area contributed by atoms with E-state index < -0.39 is 27.3 Å². The summed E-state index contributed by atoms with van der Waals surface area (Å²) in [6, 6.07) is 6.33. The summed E-state index contributed by atoms with van der Waals surface area (Å²) in [5.41, 5.74) is 0.377. The number of amides is 2. The number of carbonyl (C=O) groups excluding carboxylic acids is 2. The minimum Gasteiger partial charge on any atom is -0.451 e. The van der Waals surface area contributed by atoms with Crippen LogP contribution in [0.3, 0.4) is 0 Å². The number of nitrogens with one attached hydrogen (secondary N) is 1. The Kier molecular flexibility index (Phi) is 5.51. The van der Waals surface area contributed by atoms with Gasteiger partial charge in [-0.25, -0.2) is 8.42 Å². The summed E-state index contributed by atoms with van der Waals surface area (Å²) in [7, 11) is -3.39. The molecular formula is C19H24N2O5S2. The third-order valence-corrected chi connectivity index (χ3v) is 6.07. The van der Waals surface area contributed by atoms with Crippen LogP contribution in [0.25, 0.3) is 11.0 Å². The Hall–Kier alpha value is -2.00. The van der Waals surface area contributed by atoms with Crippen molar-refractivity contribution in [1.82, 2.24) is 10.2 Å². The van der Waals surface area contributed by atoms with Crippen LogP contribution in [0.5, 0.6) is 0 Å². The summed E-state index contributed by atoms with van der Waals surface area (Å²) in [4.78, 5) is 27.3. The first kappa shape index (κ1) is 20.7. The second-order valence-electron chi connectivity index (χ2n) is 8.01. The number of nitrogens with zero attached hydrogens (tertiary/aromatic N) is 1. The summed E-state index contributed by atoms with van der Waals surface area (Å²) < 4.78 is 29.6. The van der Waals surface area contributed by atoms with Gasteiger partial charge in [0.25, 0.3) is 5.91 Å². The van der Waals surface area contributed by atoms with Crippen LogP contribution in [-0.4, -0.2) is 54.6 Å². The highest BCUT2D eigenvalue weighted by atomic mass is 32.2. The Morgan fingerprint density at radius 2 is 1.96 bits per heavy atom. The van der Waals surface area contributed by atoms with Crippen molar-refractivity contribution in [1.29, 1.82) is 0 Å². The first-order valence-corrected chi connectivity index (χ1v) is 12.1. The fourth-order valence-corrected chi connectivity index (χ4v) is 5.09. The molecule has 1 saturated heterocycles. The third kappa shape index (κ3) is 4.52. The molecule has 0 aliphatic carbocycles. The molecule has 1 aliphatic rings. The highest BCUT2D eigenvalue weighted by Crippen LogP contribution is 2.31. The van der Waals surface area contributed by atoms with Gasteiger partial charge in [-0.2, -0.15) is 0 Å². The van der Waals surface area contributed by atoms with Crippen molar-refractivity contribution in [3.8, 4) is 0 Å². The van der Waals surface area contributed by atoms with E-state index in [0.717, 1.165) is 6.26 Å². The topological polar surface area (TPSA) is 96.7 Å². The molecule has 2 amide bonds. The molecule has 0 spiro atoms. The van der Waals surface area contributed by atoms with Crippen molar-refractivity contribution in [2.75, 3.05) is 17.9 Å². The average molecular weight is 425 g/mol. The van der Waals surface area contributed by atoms with Gasteiger partial charge in [-0.15, -0.1) is 11.8 Å². The van der Waals surface area contributed by atoms with E-state index in [0.29, 0.717) is 28.2 Å². The fourth-order valence-electron chi connectivity index (χ4n) is 3.12. The van der Waals surface area contributed by atoms with Crippen molar-refractivity contribution in [3.63, 3.8) is 0 Å². The molecule has 1 atom stereocenters. The maximum atomic E-state index is 13.2. The van der Waals surface area contributed by atoms with Gasteiger partial charge in [-0.05, 0) is 26.8 Å². The number of sulfone groups is 1. The number of thioether (sulfide) groups is 1. The molecule has 28 heavy (non-hydrogen) atoms. The standard InChI is InChI=1S/C19H24N2O5S2/c1-19(2,3)20-17(22)14-9-27-11-21(14)18(23)16-13(10-28(4,24)25)12-7-5-6-8-15(12)26-16/h5-8,14H,9-11H2,1-4H3,(H,20,22). The first-order valence-electron chi connectivity index (χ1n) is 8.85. The summed E-state index contributed by atoms with van der Waals surface area (Å²) in [5.74, 6) is -0.181. The van der Waals surface area contributed by atoms with Crippen LogP contribution < -0.4 is 5.32 Å². The lowest BCUT2D eigenvalue weighted by atomic mass is 10.1. The largest absolute Gasteiger partial charge is 0.451 e. The zero-order chi connectivity index (χ0) is 20.7. The Labute approximate surface area is 168 Å². The quantitative estimate of drug-likeness (QED) is 0.810. The molecule has 0 radical (unpaired) electrons. The van der Waals surface area contributed by atoms with E-state index >= 15 is 0 Å². The van der Waals surface area contributed by atoms with Crippen LogP contribution in [-0.2, 0) is 20.4 Å². The second kappa shape index (κ2) is 7.44. The first-order chi connectivity index (χ1) is 13.0. The van der Waals surface area contributed by atoms with Crippen molar-refractivity contribution in [2.24, 2.45) is 0 Å². The van der Waals surface area contributed by atoms with Crippen LogP contribution in [0.4, 0.5) is 0 Å². The molecule has 2 aromatic rings. The summed E-state index contributed by atoms with van der Waals surface area (Å²) >= 11 is 1.48. The number of carbonyl (C=O) groups is 2. The highest BCUT2D eigenvalue weighted by molar-refractivity contribution is 7.99. The fraction of sp³-hybridized carbons (Fsp3) is 0.474. The molecule has 2 heterocycles. The predicted octanol–water partition coefficient (Wildman–Crippen LogP) is 2.41. The number of hydrogen-bond donors (Lipinski definition) is 1. The molecule has 1 unspecified atom stereocenters. The van der Waals surface area contributed by atoms with Crippen LogP contribution in [0.2, 0.25) is 0 Å². The van der Waals surface area contributed by atoms with Crippen LogP contribution in [0, 0.1) is 0 Å². The lowest BCUT2D eigenvalue weighted by molar-refractivity contribution is -0.125. The van der Waals surface area contributed by atoms with Gasteiger partial charge >= 0.3 is 0 Å². The second-order valence-corrected chi connectivity index (χ2v) is 11.1. The molecule has 0 saturated carbocycles. The van der Waals surface area contributed by atoms with E-state index in [1.807, 2.05) is 20.8 Å². The average Bonchev–Trinajstić information content (AvgIpc) is 3.17. The molecular weight excluding hydrogens is 400 g/mol. The Morgan fingerprint density at radius 3 is 2.61 bits per heavy atom. The molecule has 3 rings (SSSR count).